The van der Waals surface area contributed by atoms with E-state index in [1.807, 2.05) is 7.05 Å². The van der Waals surface area contributed by atoms with E-state index in [1.165, 1.54) is 18.4 Å². The molecule has 0 spiro atoms. The number of hydrogen-bond acceptors (Lipinski definition) is 3. The number of likely N-dealkylation sites (tertiary alicyclic amines) is 1. The van der Waals surface area contributed by atoms with Crippen molar-refractivity contribution in [1.29, 1.82) is 0 Å². The van der Waals surface area contributed by atoms with Gasteiger partial charge in [0.05, 0.1) is 0 Å². The van der Waals surface area contributed by atoms with Gasteiger partial charge in [-0.2, -0.15) is 0 Å². The first-order valence-electron chi connectivity index (χ1n) is 11.1. The first kappa shape index (κ1) is 24.9. The normalized spacial score (nSPS) is 20.9. The summed E-state index contributed by atoms with van der Waals surface area (Å²) in [7, 11) is 3.96. The molecule has 1 aromatic rings. The summed E-state index contributed by atoms with van der Waals surface area (Å²) in [5.74, 6) is 1.46. The summed E-state index contributed by atoms with van der Waals surface area (Å²) in [6, 6.07) is 11.2. The molecular formula is C23H38IN5O. The number of halogens is 1. The van der Waals surface area contributed by atoms with Crippen molar-refractivity contribution in [1.82, 2.24) is 20.4 Å². The van der Waals surface area contributed by atoms with E-state index in [4.69, 9.17) is 0 Å². The number of carbonyl (C=O) groups is 1. The van der Waals surface area contributed by atoms with Crippen LogP contribution in [-0.4, -0.2) is 67.5 Å². The Balaban J connectivity index is 0.00000320. The summed E-state index contributed by atoms with van der Waals surface area (Å²) in [4.78, 5) is 21.4. The lowest BCUT2D eigenvalue weighted by Crippen LogP contribution is -2.48. The van der Waals surface area contributed by atoms with Gasteiger partial charge in [-0.25, -0.2) is 0 Å². The Morgan fingerprint density at radius 3 is 2.60 bits per heavy atom. The van der Waals surface area contributed by atoms with Crippen molar-refractivity contribution >= 4 is 35.8 Å². The number of nitrogens with one attached hydrogen (secondary N) is 2. The largest absolute Gasteiger partial charge is 0.355 e. The molecule has 0 aromatic heterocycles. The average Bonchev–Trinajstić information content (AvgIpc) is 3.43. The monoisotopic (exact) mass is 527 g/mol. The minimum Gasteiger partial charge on any atom is -0.355 e. The summed E-state index contributed by atoms with van der Waals surface area (Å²) < 4.78 is 0. The number of aliphatic imine (C=N–C) groups is 1. The Labute approximate surface area is 198 Å². The molecule has 0 radical (unpaired) electrons. The topological polar surface area (TPSA) is 60.0 Å². The van der Waals surface area contributed by atoms with Crippen molar-refractivity contribution < 1.29 is 4.79 Å². The number of hydrogen-bond donors (Lipinski definition) is 2. The maximum atomic E-state index is 12.6. The third-order valence-electron chi connectivity index (χ3n) is 6.36. The van der Waals surface area contributed by atoms with Gasteiger partial charge in [0.2, 0.25) is 5.91 Å². The number of benzene rings is 1. The van der Waals surface area contributed by atoms with Crippen LogP contribution in [0.4, 0.5) is 0 Å². The Morgan fingerprint density at radius 1 is 1.23 bits per heavy atom. The van der Waals surface area contributed by atoms with Crippen molar-refractivity contribution in [2.24, 2.45) is 10.9 Å². The average molecular weight is 527 g/mol. The van der Waals surface area contributed by atoms with E-state index in [0.29, 0.717) is 11.9 Å². The first-order valence-corrected chi connectivity index (χ1v) is 11.1. The highest BCUT2D eigenvalue weighted by Crippen LogP contribution is 2.27. The molecular weight excluding hydrogens is 489 g/mol. The number of likely N-dealkylation sites (N-methyl/N-ethyl adjacent to an activating group) is 1. The van der Waals surface area contributed by atoms with Gasteiger partial charge in [-0.3, -0.25) is 14.7 Å². The molecule has 1 aromatic carbocycles. The molecule has 7 heteroatoms. The molecule has 168 valence electrons. The molecule has 2 atom stereocenters. The van der Waals surface area contributed by atoms with E-state index in [2.05, 4.69) is 69.7 Å². The molecule has 1 aliphatic heterocycles. The first-order chi connectivity index (χ1) is 14.1. The van der Waals surface area contributed by atoms with Gasteiger partial charge in [-0.05, 0) is 38.8 Å². The van der Waals surface area contributed by atoms with Crippen molar-refractivity contribution in [3.8, 4) is 0 Å². The predicted molar refractivity (Wildman–Crippen MR) is 134 cm³/mol. The summed E-state index contributed by atoms with van der Waals surface area (Å²) in [5.41, 5.74) is 1.32. The smallest absolute Gasteiger partial charge is 0.225 e. The van der Waals surface area contributed by atoms with Crippen molar-refractivity contribution in [3.05, 3.63) is 35.9 Å². The van der Waals surface area contributed by atoms with Gasteiger partial charge in [-0.15, -0.1) is 24.0 Å². The van der Waals surface area contributed by atoms with Crippen molar-refractivity contribution in [2.75, 3.05) is 33.7 Å². The highest BCUT2D eigenvalue weighted by Gasteiger charge is 2.32. The number of guanidine groups is 1. The van der Waals surface area contributed by atoms with Crippen LogP contribution in [0.5, 0.6) is 0 Å². The van der Waals surface area contributed by atoms with Gasteiger partial charge in [0.15, 0.2) is 5.96 Å². The van der Waals surface area contributed by atoms with Crippen molar-refractivity contribution in [3.63, 3.8) is 0 Å². The van der Waals surface area contributed by atoms with E-state index >= 15 is 0 Å². The second kappa shape index (κ2) is 12.5. The fraction of sp³-hybridized carbons (Fsp3) is 0.652. The molecule has 30 heavy (non-hydrogen) atoms. The van der Waals surface area contributed by atoms with Crippen LogP contribution in [0.1, 0.15) is 44.6 Å². The van der Waals surface area contributed by atoms with E-state index in [0.717, 1.165) is 51.4 Å². The van der Waals surface area contributed by atoms with Crippen LogP contribution in [0.15, 0.2) is 35.3 Å². The minimum atomic E-state index is 0. The predicted octanol–water partition coefficient (Wildman–Crippen LogP) is 3.08. The van der Waals surface area contributed by atoms with Gasteiger partial charge >= 0.3 is 0 Å². The maximum Gasteiger partial charge on any atom is 0.225 e. The second-order valence-electron chi connectivity index (χ2n) is 8.60. The third kappa shape index (κ3) is 7.11. The van der Waals surface area contributed by atoms with E-state index < -0.39 is 0 Å². The Morgan fingerprint density at radius 2 is 1.93 bits per heavy atom. The summed E-state index contributed by atoms with van der Waals surface area (Å²) >= 11 is 0. The Bertz CT molecular complexity index is 677. The zero-order chi connectivity index (χ0) is 20.6. The second-order valence-corrected chi connectivity index (χ2v) is 8.60. The molecule has 1 saturated carbocycles. The fourth-order valence-electron chi connectivity index (χ4n) is 4.32. The summed E-state index contributed by atoms with van der Waals surface area (Å²) in [5, 5.41) is 6.97. The number of amides is 1. The van der Waals surface area contributed by atoms with Gasteiger partial charge < -0.3 is 15.5 Å². The van der Waals surface area contributed by atoms with Crippen molar-refractivity contribution in [2.45, 2.75) is 57.7 Å². The van der Waals surface area contributed by atoms with Crippen LogP contribution in [0.2, 0.25) is 0 Å². The maximum absolute atomic E-state index is 12.6. The van der Waals surface area contributed by atoms with E-state index in [9.17, 15) is 4.79 Å². The van der Waals surface area contributed by atoms with E-state index in [1.54, 1.807) is 0 Å². The number of rotatable bonds is 7. The molecule has 1 heterocycles. The quantitative estimate of drug-likeness (QED) is 0.325. The molecule has 2 fully saturated rings. The Kier molecular flexibility index (Phi) is 10.4. The lowest BCUT2D eigenvalue weighted by atomic mass is 10.1. The SMILES string of the molecule is CN=C(NCC(C)N(C)Cc1ccccc1)NC1CCN(C(=O)C2CCCC2)C1.I. The molecule has 0 bridgehead atoms. The number of nitrogens with zero attached hydrogens (tertiary/aromatic N) is 3. The van der Waals surface area contributed by atoms with Gasteiger partial charge in [0, 0.05) is 51.2 Å². The Hall–Kier alpha value is -1.35. The molecule has 2 aliphatic rings. The fourth-order valence-corrected chi connectivity index (χ4v) is 4.32. The van der Waals surface area contributed by atoms with Crippen LogP contribution in [0, 0.1) is 5.92 Å². The number of carbonyl (C=O) groups excluding carboxylic acids is 1. The summed E-state index contributed by atoms with van der Waals surface area (Å²) in [6.45, 7) is 5.62. The highest BCUT2D eigenvalue weighted by molar-refractivity contribution is 14.0. The molecule has 6 nitrogen and oxygen atoms in total. The van der Waals surface area contributed by atoms with Gasteiger partial charge in [0.25, 0.3) is 0 Å². The molecule has 1 amide bonds. The molecule has 2 N–H and O–H groups in total. The molecule has 3 rings (SSSR count). The van der Waals surface area contributed by atoms with Crippen LogP contribution >= 0.6 is 24.0 Å². The molecule has 1 saturated heterocycles. The third-order valence-corrected chi connectivity index (χ3v) is 6.36. The minimum absolute atomic E-state index is 0. The van der Waals surface area contributed by atoms with Crippen LogP contribution in [-0.2, 0) is 11.3 Å². The van der Waals surface area contributed by atoms with Crippen LogP contribution in [0.25, 0.3) is 0 Å². The lowest BCUT2D eigenvalue weighted by molar-refractivity contribution is -0.134. The van der Waals surface area contributed by atoms with Crippen LogP contribution < -0.4 is 10.6 Å². The molecule has 1 aliphatic carbocycles. The van der Waals surface area contributed by atoms with Gasteiger partial charge in [0.1, 0.15) is 0 Å². The zero-order valence-electron chi connectivity index (χ0n) is 18.6. The van der Waals surface area contributed by atoms with Crippen LogP contribution in [0.3, 0.4) is 0 Å². The highest BCUT2D eigenvalue weighted by atomic mass is 127. The van der Waals surface area contributed by atoms with E-state index in [-0.39, 0.29) is 35.9 Å². The standard InChI is InChI=1S/C23H37N5O.HI/c1-18(27(3)16-19-9-5-4-6-10-19)15-25-23(24-2)26-21-13-14-28(17-21)22(29)20-11-7-8-12-20;/h4-6,9-10,18,20-21H,7-8,11-17H2,1-3H3,(H2,24,25,26);1H. The molecule has 2 unspecified atom stereocenters. The summed E-state index contributed by atoms with van der Waals surface area (Å²) in [6.07, 6.45) is 5.55. The van der Waals surface area contributed by atoms with Gasteiger partial charge in [-0.1, -0.05) is 43.2 Å². The lowest BCUT2D eigenvalue weighted by Gasteiger charge is -2.26. The zero-order valence-corrected chi connectivity index (χ0v) is 21.0.